The van der Waals surface area contributed by atoms with Crippen molar-refractivity contribution >= 4 is 5.78 Å². The summed E-state index contributed by atoms with van der Waals surface area (Å²) in [5.41, 5.74) is 4.53. The predicted octanol–water partition coefficient (Wildman–Crippen LogP) is 3.59. The first-order valence-electron chi connectivity index (χ1n) is 6.95. The number of hydrogen-bond acceptors (Lipinski definition) is 2. The van der Waals surface area contributed by atoms with Crippen molar-refractivity contribution in [3.05, 3.63) is 64.7 Å². The van der Waals surface area contributed by atoms with Gasteiger partial charge in [-0.25, -0.2) is 0 Å². The normalized spacial score (nSPS) is 16.6. The van der Waals surface area contributed by atoms with Crippen LogP contribution in [0.3, 0.4) is 0 Å². The molecule has 20 heavy (non-hydrogen) atoms. The van der Waals surface area contributed by atoms with Crippen molar-refractivity contribution in [2.45, 2.75) is 26.2 Å². The molecule has 2 heteroatoms. The minimum absolute atomic E-state index is 0.119. The molecule has 0 spiro atoms. The van der Waals surface area contributed by atoms with Crippen LogP contribution in [0, 0.1) is 13.8 Å². The third kappa shape index (κ3) is 2.46. The Hall–Kier alpha value is -2.09. The molecule has 1 aliphatic rings. The quantitative estimate of drug-likeness (QED) is 0.848. The largest absolute Gasteiger partial charge is 0.492 e. The summed E-state index contributed by atoms with van der Waals surface area (Å²) >= 11 is 0. The first-order valence-corrected chi connectivity index (χ1v) is 6.95. The second-order valence-electron chi connectivity index (χ2n) is 5.54. The molecule has 102 valence electrons. The molecular formula is C18H18O2. The zero-order chi connectivity index (χ0) is 14.1. The van der Waals surface area contributed by atoms with E-state index in [0.717, 1.165) is 16.9 Å². The fourth-order valence-electron chi connectivity index (χ4n) is 2.92. The smallest absolute Gasteiger partial charge is 0.148 e. The molecule has 0 fully saturated rings. The minimum Gasteiger partial charge on any atom is -0.492 e. The average molecular weight is 266 g/mol. The molecule has 0 saturated heterocycles. The highest BCUT2D eigenvalue weighted by Crippen LogP contribution is 2.34. The van der Waals surface area contributed by atoms with Gasteiger partial charge in [-0.2, -0.15) is 0 Å². The van der Waals surface area contributed by atoms with Gasteiger partial charge in [0.1, 0.15) is 18.1 Å². The molecule has 2 nitrogen and oxygen atoms in total. The van der Waals surface area contributed by atoms with Crippen LogP contribution in [0.25, 0.3) is 0 Å². The molecule has 0 N–H and O–H groups in total. The van der Waals surface area contributed by atoms with Crippen molar-refractivity contribution in [1.29, 1.82) is 0 Å². The van der Waals surface area contributed by atoms with Crippen molar-refractivity contribution in [3.63, 3.8) is 0 Å². The molecule has 0 aliphatic carbocycles. The van der Waals surface area contributed by atoms with Gasteiger partial charge < -0.3 is 4.74 Å². The summed E-state index contributed by atoms with van der Waals surface area (Å²) < 4.78 is 5.60. The Morgan fingerprint density at radius 3 is 2.60 bits per heavy atom. The SMILES string of the molecule is Cc1cc(C)cc(CC(=O)C2COc3ccccc32)c1. The molecule has 0 saturated carbocycles. The van der Waals surface area contributed by atoms with E-state index in [1.807, 2.05) is 24.3 Å². The van der Waals surface area contributed by atoms with Gasteiger partial charge in [0.25, 0.3) is 0 Å². The topological polar surface area (TPSA) is 26.3 Å². The number of benzene rings is 2. The van der Waals surface area contributed by atoms with Crippen LogP contribution in [0.2, 0.25) is 0 Å². The number of para-hydroxylation sites is 1. The Balaban J connectivity index is 1.81. The van der Waals surface area contributed by atoms with Crippen molar-refractivity contribution in [2.24, 2.45) is 0 Å². The number of carbonyl (C=O) groups is 1. The molecular weight excluding hydrogens is 248 g/mol. The molecule has 0 bridgehead atoms. The lowest BCUT2D eigenvalue weighted by atomic mass is 9.92. The number of rotatable bonds is 3. The molecule has 0 radical (unpaired) electrons. The van der Waals surface area contributed by atoms with E-state index in [0.29, 0.717) is 13.0 Å². The lowest BCUT2D eigenvalue weighted by Gasteiger charge is -2.09. The summed E-state index contributed by atoms with van der Waals surface area (Å²) in [5.74, 6) is 0.971. The number of aryl methyl sites for hydroxylation is 2. The van der Waals surface area contributed by atoms with E-state index >= 15 is 0 Å². The monoisotopic (exact) mass is 266 g/mol. The van der Waals surface area contributed by atoms with Crippen LogP contribution in [-0.4, -0.2) is 12.4 Å². The zero-order valence-electron chi connectivity index (χ0n) is 11.8. The summed E-state index contributed by atoms with van der Waals surface area (Å²) in [6.45, 7) is 4.60. The van der Waals surface area contributed by atoms with Crippen LogP contribution in [0.4, 0.5) is 0 Å². The summed E-state index contributed by atoms with van der Waals surface area (Å²) in [7, 11) is 0. The number of carbonyl (C=O) groups excluding carboxylic acids is 1. The third-order valence-electron chi connectivity index (χ3n) is 3.75. The van der Waals surface area contributed by atoms with E-state index in [2.05, 4.69) is 32.0 Å². The first-order chi connectivity index (χ1) is 9.63. The Labute approximate surface area is 119 Å². The zero-order valence-corrected chi connectivity index (χ0v) is 11.8. The molecule has 1 aliphatic heterocycles. The van der Waals surface area contributed by atoms with E-state index < -0.39 is 0 Å². The highest BCUT2D eigenvalue weighted by atomic mass is 16.5. The lowest BCUT2D eigenvalue weighted by Crippen LogP contribution is -2.16. The van der Waals surface area contributed by atoms with Crippen LogP contribution in [0.15, 0.2) is 42.5 Å². The highest BCUT2D eigenvalue weighted by Gasteiger charge is 2.29. The number of fused-ring (bicyclic) bond motifs is 1. The minimum atomic E-state index is -0.119. The maximum absolute atomic E-state index is 12.5. The van der Waals surface area contributed by atoms with Gasteiger partial charge in [-0.3, -0.25) is 4.79 Å². The van der Waals surface area contributed by atoms with Gasteiger partial charge in [0.2, 0.25) is 0 Å². The molecule has 2 aromatic rings. The maximum atomic E-state index is 12.5. The van der Waals surface area contributed by atoms with Gasteiger partial charge in [-0.15, -0.1) is 0 Å². The summed E-state index contributed by atoms with van der Waals surface area (Å²) in [5, 5.41) is 0. The third-order valence-corrected chi connectivity index (χ3v) is 3.75. The van der Waals surface area contributed by atoms with Crippen LogP contribution in [0.5, 0.6) is 5.75 Å². The number of Topliss-reactive ketones (excluding diaryl/α,β-unsaturated/α-hetero) is 1. The van der Waals surface area contributed by atoms with Gasteiger partial charge in [-0.1, -0.05) is 47.5 Å². The summed E-state index contributed by atoms with van der Waals surface area (Å²) in [4.78, 5) is 12.5. The van der Waals surface area contributed by atoms with Crippen LogP contribution < -0.4 is 4.74 Å². The van der Waals surface area contributed by atoms with E-state index in [1.165, 1.54) is 11.1 Å². The van der Waals surface area contributed by atoms with Crippen LogP contribution in [0.1, 0.15) is 28.2 Å². The second-order valence-corrected chi connectivity index (χ2v) is 5.54. The van der Waals surface area contributed by atoms with E-state index in [4.69, 9.17) is 4.74 Å². The number of ketones is 1. The lowest BCUT2D eigenvalue weighted by molar-refractivity contribution is -0.120. The van der Waals surface area contributed by atoms with Crippen molar-refractivity contribution in [3.8, 4) is 5.75 Å². The van der Waals surface area contributed by atoms with Gasteiger partial charge >= 0.3 is 0 Å². The highest BCUT2D eigenvalue weighted by molar-refractivity contribution is 5.89. The molecule has 0 amide bonds. The average Bonchev–Trinajstić information content (AvgIpc) is 2.81. The Kier molecular flexibility index (Phi) is 3.31. The van der Waals surface area contributed by atoms with Crippen LogP contribution >= 0.6 is 0 Å². The van der Waals surface area contributed by atoms with E-state index in [-0.39, 0.29) is 11.7 Å². The van der Waals surface area contributed by atoms with Crippen molar-refractivity contribution in [1.82, 2.24) is 0 Å². The number of hydrogen-bond donors (Lipinski definition) is 0. The van der Waals surface area contributed by atoms with Gasteiger partial charge in [0.15, 0.2) is 0 Å². The van der Waals surface area contributed by atoms with Gasteiger partial charge in [0.05, 0.1) is 5.92 Å². The molecule has 1 atom stereocenters. The van der Waals surface area contributed by atoms with E-state index in [1.54, 1.807) is 0 Å². The Morgan fingerprint density at radius 2 is 1.85 bits per heavy atom. The van der Waals surface area contributed by atoms with Crippen LogP contribution in [-0.2, 0) is 11.2 Å². The summed E-state index contributed by atoms with van der Waals surface area (Å²) in [6.07, 6.45) is 0.477. The standard InChI is InChI=1S/C18H18O2/c1-12-7-13(2)9-14(8-12)10-17(19)16-11-20-18-6-4-3-5-15(16)18/h3-9,16H,10-11H2,1-2H3. The maximum Gasteiger partial charge on any atom is 0.148 e. The molecule has 0 aromatic heterocycles. The molecule has 2 aromatic carbocycles. The Bertz CT molecular complexity index is 638. The summed E-state index contributed by atoms with van der Waals surface area (Å²) in [6, 6.07) is 14.1. The number of ether oxygens (including phenoxy) is 1. The van der Waals surface area contributed by atoms with Crippen molar-refractivity contribution in [2.75, 3.05) is 6.61 Å². The van der Waals surface area contributed by atoms with Gasteiger partial charge in [-0.05, 0) is 25.5 Å². The fraction of sp³-hybridized carbons (Fsp3) is 0.278. The second kappa shape index (κ2) is 5.12. The van der Waals surface area contributed by atoms with Gasteiger partial charge in [0, 0.05) is 12.0 Å². The van der Waals surface area contributed by atoms with Crippen molar-refractivity contribution < 1.29 is 9.53 Å². The molecule has 1 heterocycles. The molecule has 3 rings (SSSR count). The Morgan fingerprint density at radius 1 is 1.15 bits per heavy atom. The fourth-order valence-corrected chi connectivity index (χ4v) is 2.92. The molecule has 1 unspecified atom stereocenters. The predicted molar refractivity (Wildman–Crippen MR) is 79.3 cm³/mol. The first kappa shape index (κ1) is 12.9. The van der Waals surface area contributed by atoms with E-state index in [9.17, 15) is 4.79 Å².